The van der Waals surface area contributed by atoms with Crippen LogP contribution >= 0.6 is 0 Å². The minimum Gasteiger partial charge on any atom is -0.381 e. The summed E-state index contributed by atoms with van der Waals surface area (Å²) in [6.45, 7) is 1.86. The molecule has 1 heterocycles. The van der Waals surface area contributed by atoms with Gasteiger partial charge in [0.25, 0.3) is 0 Å². The van der Waals surface area contributed by atoms with Crippen LogP contribution in [0, 0.1) is 5.82 Å². The van der Waals surface area contributed by atoms with E-state index in [4.69, 9.17) is 4.74 Å². The molecular weight excluding hydrogens is 312 g/mol. The van der Waals surface area contributed by atoms with E-state index in [-0.39, 0.29) is 32.1 Å². The van der Waals surface area contributed by atoms with Crippen LogP contribution in [0.5, 0.6) is 0 Å². The molecule has 1 aliphatic rings. The predicted octanol–water partition coefficient (Wildman–Crippen LogP) is 3.19. The van der Waals surface area contributed by atoms with Crippen LogP contribution in [-0.4, -0.2) is 26.4 Å². The average Bonchev–Trinajstić information content (AvgIpc) is 2.37. The lowest BCUT2D eigenvalue weighted by atomic mass is 10.0. The topological polar surface area (TPSA) is 43.4 Å². The first kappa shape index (κ1) is 16.2. The summed E-state index contributed by atoms with van der Waals surface area (Å²) in [5, 5.41) is 0. The number of hydrogen-bond donors (Lipinski definition) is 0. The molecule has 1 fully saturated rings. The van der Waals surface area contributed by atoms with E-state index < -0.39 is 37.0 Å². The zero-order valence-electron chi connectivity index (χ0n) is 11.2. The maximum Gasteiger partial charge on any atom is 0.416 e. The van der Waals surface area contributed by atoms with Gasteiger partial charge in [0.1, 0.15) is 5.82 Å². The van der Waals surface area contributed by atoms with Crippen molar-refractivity contribution in [3.63, 3.8) is 0 Å². The molecule has 1 aromatic carbocycles. The normalized spacial score (nSPS) is 19.5. The Labute approximate surface area is 119 Å². The van der Waals surface area contributed by atoms with Crippen LogP contribution in [0.15, 0.2) is 23.1 Å². The second-order valence-electron chi connectivity index (χ2n) is 5.24. The Morgan fingerprint density at radius 1 is 1.14 bits per heavy atom. The molecule has 0 N–H and O–H groups in total. The standard InChI is InChI=1S/C13H14F4O3S/c1-12(2-4-20-5-3-12)21(18,19)11-7-9(13(15,16)17)6-10(14)8-11/h6-8H,2-5H2,1H3. The molecule has 8 heteroatoms. The first-order chi connectivity index (χ1) is 9.56. The van der Waals surface area contributed by atoms with Gasteiger partial charge in [-0.2, -0.15) is 13.2 Å². The summed E-state index contributed by atoms with van der Waals surface area (Å²) < 4.78 is 80.4. The fourth-order valence-electron chi connectivity index (χ4n) is 2.24. The quantitative estimate of drug-likeness (QED) is 0.784. The third-order valence-electron chi connectivity index (χ3n) is 3.71. The van der Waals surface area contributed by atoms with Crippen molar-refractivity contribution in [3.8, 4) is 0 Å². The molecule has 0 aromatic heterocycles. The van der Waals surface area contributed by atoms with Gasteiger partial charge in [0.05, 0.1) is 15.2 Å². The Balaban J connectivity index is 2.52. The van der Waals surface area contributed by atoms with E-state index in [2.05, 4.69) is 0 Å². The maximum absolute atomic E-state index is 13.4. The summed E-state index contributed by atoms with van der Waals surface area (Å²) in [5.74, 6) is -1.22. The number of rotatable bonds is 2. The molecule has 2 rings (SSSR count). The molecular formula is C13H14F4O3S. The third kappa shape index (κ3) is 3.06. The lowest BCUT2D eigenvalue weighted by Gasteiger charge is -2.33. The fraction of sp³-hybridized carbons (Fsp3) is 0.538. The molecule has 1 saturated heterocycles. The smallest absolute Gasteiger partial charge is 0.381 e. The second-order valence-corrected chi connectivity index (χ2v) is 7.70. The summed E-state index contributed by atoms with van der Waals surface area (Å²) in [6, 6.07) is 1.40. The van der Waals surface area contributed by atoms with Crippen LogP contribution in [0.3, 0.4) is 0 Å². The molecule has 0 saturated carbocycles. The van der Waals surface area contributed by atoms with Crippen LogP contribution in [0.2, 0.25) is 0 Å². The van der Waals surface area contributed by atoms with Gasteiger partial charge in [-0.1, -0.05) is 0 Å². The predicted molar refractivity (Wildman–Crippen MR) is 67.0 cm³/mol. The van der Waals surface area contributed by atoms with Crippen molar-refractivity contribution in [2.45, 2.75) is 35.6 Å². The number of hydrogen-bond acceptors (Lipinski definition) is 3. The van der Waals surface area contributed by atoms with Gasteiger partial charge in [-0.05, 0) is 38.0 Å². The molecule has 1 aromatic rings. The van der Waals surface area contributed by atoms with Gasteiger partial charge in [-0.15, -0.1) is 0 Å². The molecule has 0 radical (unpaired) electrons. The Kier molecular flexibility index (Phi) is 4.05. The van der Waals surface area contributed by atoms with Crippen molar-refractivity contribution in [1.29, 1.82) is 0 Å². The van der Waals surface area contributed by atoms with Crippen LogP contribution in [0.1, 0.15) is 25.3 Å². The number of sulfone groups is 1. The summed E-state index contributed by atoms with van der Waals surface area (Å²) in [5.41, 5.74) is -1.31. The van der Waals surface area contributed by atoms with E-state index in [1.807, 2.05) is 0 Å². The minimum absolute atomic E-state index is 0.160. The van der Waals surface area contributed by atoms with E-state index in [0.29, 0.717) is 12.1 Å². The van der Waals surface area contributed by atoms with Gasteiger partial charge >= 0.3 is 6.18 Å². The first-order valence-corrected chi connectivity index (χ1v) is 7.75. The number of ether oxygens (including phenoxy) is 1. The summed E-state index contributed by atoms with van der Waals surface area (Å²) in [7, 11) is -4.09. The summed E-state index contributed by atoms with van der Waals surface area (Å²) in [6.07, 6.45) is -4.48. The van der Waals surface area contributed by atoms with Gasteiger partial charge in [0.15, 0.2) is 9.84 Å². The highest BCUT2D eigenvalue weighted by molar-refractivity contribution is 7.92. The lowest BCUT2D eigenvalue weighted by Crippen LogP contribution is -2.41. The van der Waals surface area contributed by atoms with Crippen LogP contribution < -0.4 is 0 Å². The van der Waals surface area contributed by atoms with E-state index in [9.17, 15) is 26.0 Å². The highest BCUT2D eigenvalue weighted by Gasteiger charge is 2.43. The van der Waals surface area contributed by atoms with Crippen molar-refractivity contribution >= 4 is 9.84 Å². The molecule has 0 unspecified atom stereocenters. The largest absolute Gasteiger partial charge is 0.416 e. The zero-order valence-corrected chi connectivity index (χ0v) is 12.0. The Morgan fingerprint density at radius 3 is 2.24 bits per heavy atom. The Bertz CT molecular complexity index is 631. The second kappa shape index (κ2) is 5.24. The van der Waals surface area contributed by atoms with Gasteiger partial charge in [0, 0.05) is 13.2 Å². The lowest BCUT2D eigenvalue weighted by molar-refractivity contribution is -0.137. The van der Waals surface area contributed by atoms with Crippen molar-refractivity contribution in [1.82, 2.24) is 0 Å². The van der Waals surface area contributed by atoms with Crippen LogP contribution in [-0.2, 0) is 20.8 Å². The monoisotopic (exact) mass is 326 g/mol. The first-order valence-electron chi connectivity index (χ1n) is 6.26. The van der Waals surface area contributed by atoms with Crippen molar-refractivity contribution in [2.24, 2.45) is 0 Å². The number of alkyl halides is 3. The van der Waals surface area contributed by atoms with Crippen LogP contribution in [0.4, 0.5) is 17.6 Å². The average molecular weight is 326 g/mol. The number of benzene rings is 1. The van der Waals surface area contributed by atoms with Crippen molar-refractivity contribution < 1.29 is 30.7 Å². The Morgan fingerprint density at radius 2 is 1.71 bits per heavy atom. The molecule has 118 valence electrons. The maximum atomic E-state index is 13.4. The molecule has 1 aliphatic heterocycles. The SMILES string of the molecule is CC1(S(=O)(=O)c2cc(F)cc(C(F)(F)F)c2)CCOCC1. The van der Waals surface area contributed by atoms with Crippen molar-refractivity contribution in [3.05, 3.63) is 29.6 Å². The highest BCUT2D eigenvalue weighted by Crippen LogP contribution is 2.37. The van der Waals surface area contributed by atoms with E-state index in [1.54, 1.807) is 0 Å². The molecule has 0 atom stereocenters. The van der Waals surface area contributed by atoms with Gasteiger partial charge < -0.3 is 4.74 Å². The molecule has 3 nitrogen and oxygen atoms in total. The molecule has 21 heavy (non-hydrogen) atoms. The molecule has 0 bridgehead atoms. The molecule has 0 amide bonds. The van der Waals surface area contributed by atoms with Gasteiger partial charge in [0.2, 0.25) is 0 Å². The van der Waals surface area contributed by atoms with E-state index >= 15 is 0 Å². The van der Waals surface area contributed by atoms with Gasteiger partial charge in [-0.25, -0.2) is 12.8 Å². The Hall–Kier alpha value is -1.15. The summed E-state index contributed by atoms with van der Waals surface area (Å²) in [4.78, 5) is -0.640. The molecule has 0 aliphatic carbocycles. The van der Waals surface area contributed by atoms with E-state index in [0.717, 1.165) is 0 Å². The third-order valence-corrected chi connectivity index (χ3v) is 6.27. The number of halogens is 4. The van der Waals surface area contributed by atoms with Crippen molar-refractivity contribution in [2.75, 3.05) is 13.2 Å². The fourth-order valence-corrected chi connectivity index (χ4v) is 4.06. The van der Waals surface area contributed by atoms with E-state index in [1.165, 1.54) is 6.92 Å². The van der Waals surface area contributed by atoms with Gasteiger partial charge in [-0.3, -0.25) is 0 Å². The highest BCUT2D eigenvalue weighted by atomic mass is 32.2. The van der Waals surface area contributed by atoms with Crippen LogP contribution in [0.25, 0.3) is 0 Å². The molecule has 0 spiro atoms. The zero-order chi connectivity index (χ0) is 15.9. The minimum atomic E-state index is -4.80. The summed E-state index contributed by atoms with van der Waals surface area (Å²) >= 11 is 0.